The number of benzene rings is 2. The van der Waals surface area contributed by atoms with Gasteiger partial charge in [0.15, 0.2) is 0 Å². The molecule has 128 valence electrons. The molecule has 0 aliphatic heterocycles. The van der Waals surface area contributed by atoms with E-state index in [1.54, 1.807) is 19.2 Å². The molecule has 0 bridgehead atoms. The van der Waals surface area contributed by atoms with Gasteiger partial charge in [-0.2, -0.15) is 0 Å². The molecule has 1 unspecified atom stereocenters. The third-order valence-corrected chi connectivity index (χ3v) is 4.72. The van der Waals surface area contributed by atoms with Gasteiger partial charge in [0.05, 0.1) is 18.9 Å². The van der Waals surface area contributed by atoms with Gasteiger partial charge >= 0.3 is 0 Å². The Balaban J connectivity index is 1.79. The quantitative estimate of drug-likeness (QED) is 0.777. The fourth-order valence-corrected chi connectivity index (χ4v) is 3.14. The number of ether oxygens (including phenoxy) is 1. The molecular formula is C18H19ClFNO2S. The first kappa shape index (κ1) is 18.6. The zero-order valence-corrected chi connectivity index (χ0v) is 15.1. The SMILES string of the molecule is COc1ccc(C(C)NC(=O)CSCc2ccc(Cl)cc2F)cc1. The van der Waals surface area contributed by atoms with Gasteiger partial charge in [-0.25, -0.2) is 4.39 Å². The van der Waals surface area contributed by atoms with Crippen LogP contribution >= 0.6 is 23.4 Å². The van der Waals surface area contributed by atoms with Gasteiger partial charge in [-0.05, 0) is 42.3 Å². The Hall–Kier alpha value is -1.72. The number of methoxy groups -OCH3 is 1. The number of hydrogen-bond acceptors (Lipinski definition) is 3. The maximum Gasteiger partial charge on any atom is 0.230 e. The van der Waals surface area contributed by atoms with Gasteiger partial charge in [0.25, 0.3) is 0 Å². The Kier molecular flexibility index (Phi) is 6.94. The summed E-state index contributed by atoms with van der Waals surface area (Å²) < 4.78 is 18.8. The second-order valence-corrected chi connectivity index (χ2v) is 6.71. The Morgan fingerprint density at radius 3 is 2.62 bits per heavy atom. The van der Waals surface area contributed by atoms with E-state index in [4.69, 9.17) is 16.3 Å². The van der Waals surface area contributed by atoms with Gasteiger partial charge in [-0.1, -0.05) is 29.8 Å². The predicted molar refractivity (Wildman–Crippen MR) is 97.1 cm³/mol. The van der Waals surface area contributed by atoms with Crippen LogP contribution in [-0.4, -0.2) is 18.8 Å². The van der Waals surface area contributed by atoms with Gasteiger partial charge < -0.3 is 10.1 Å². The minimum Gasteiger partial charge on any atom is -0.497 e. The van der Waals surface area contributed by atoms with Crippen LogP contribution in [0.15, 0.2) is 42.5 Å². The van der Waals surface area contributed by atoms with Crippen LogP contribution < -0.4 is 10.1 Å². The van der Waals surface area contributed by atoms with Gasteiger partial charge in [-0.3, -0.25) is 4.79 Å². The summed E-state index contributed by atoms with van der Waals surface area (Å²) >= 11 is 7.08. The Morgan fingerprint density at radius 2 is 2.00 bits per heavy atom. The number of rotatable bonds is 7. The van der Waals surface area contributed by atoms with Crippen molar-refractivity contribution >= 4 is 29.3 Å². The summed E-state index contributed by atoms with van der Waals surface area (Å²) in [6.07, 6.45) is 0. The van der Waals surface area contributed by atoms with Gasteiger partial charge in [0, 0.05) is 10.8 Å². The molecule has 0 aliphatic carbocycles. The van der Waals surface area contributed by atoms with Crippen LogP contribution in [0.1, 0.15) is 24.1 Å². The zero-order valence-electron chi connectivity index (χ0n) is 13.5. The van der Waals surface area contributed by atoms with E-state index in [2.05, 4.69) is 5.32 Å². The third kappa shape index (κ3) is 5.42. The van der Waals surface area contributed by atoms with Crippen molar-refractivity contribution in [3.8, 4) is 5.75 Å². The molecule has 0 radical (unpaired) electrons. The summed E-state index contributed by atoms with van der Waals surface area (Å²) in [6, 6.07) is 12.0. The van der Waals surface area contributed by atoms with Crippen LogP contribution in [0, 0.1) is 5.82 Å². The first-order valence-corrected chi connectivity index (χ1v) is 8.98. The molecule has 2 rings (SSSR count). The fourth-order valence-electron chi connectivity index (χ4n) is 2.15. The Labute approximate surface area is 150 Å². The van der Waals surface area contributed by atoms with Crippen molar-refractivity contribution in [3.63, 3.8) is 0 Å². The lowest BCUT2D eigenvalue weighted by atomic mass is 10.1. The Morgan fingerprint density at radius 1 is 1.29 bits per heavy atom. The number of hydrogen-bond donors (Lipinski definition) is 1. The van der Waals surface area contributed by atoms with Gasteiger partial charge in [-0.15, -0.1) is 11.8 Å². The lowest BCUT2D eigenvalue weighted by Gasteiger charge is -2.14. The predicted octanol–water partition coefficient (Wildman–Crippen LogP) is 4.60. The largest absolute Gasteiger partial charge is 0.497 e. The molecule has 1 atom stereocenters. The molecule has 2 aromatic carbocycles. The summed E-state index contributed by atoms with van der Waals surface area (Å²) in [5.74, 6) is 1.04. The van der Waals surface area contributed by atoms with Crippen molar-refractivity contribution in [1.29, 1.82) is 0 Å². The average molecular weight is 368 g/mol. The molecule has 24 heavy (non-hydrogen) atoms. The second kappa shape index (κ2) is 8.94. The number of thioether (sulfide) groups is 1. The van der Waals surface area contributed by atoms with E-state index >= 15 is 0 Å². The fraction of sp³-hybridized carbons (Fsp3) is 0.278. The molecule has 0 fully saturated rings. The van der Waals surface area contributed by atoms with Crippen LogP contribution in [0.5, 0.6) is 5.75 Å². The molecular weight excluding hydrogens is 349 g/mol. The molecule has 2 aromatic rings. The summed E-state index contributed by atoms with van der Waals surface area (Å²) in [5.41, 5.74) is 1.54. The van der Waals surface area contributed by atoms with Crippen LogP contribution in [0.25, 0.3) is 0 Å². The number of nitrogens with one attached hydrogen (secondary N) is 1. The van der Waals surface area contributed by atoms with E-state index in [-0.39, 0.29) is 23.5 Å². The summed E-state index contributed by atoms with van der Waals surface area (Å²) in [4.78, 5) is 12.0. The van der Waals surface area contributed by atoms with E-state index in [1.165, 1.54) is 17.8 Å². The van der Waals surface area contributed by atoms with E-state index in [9.17, 15) is 9.18 Å². The molecule has 0 saturated carbocycles. The lowest BCUT2D eigenvalue weighted by Crippen LogP contribution is -2.28. The standard InChI is InChI=1S/C18H19ClFNO2S/c1-12(13-4-7-16(23-2)8-5-13)21-18(22)11-24-10-14-3-6-15(19)9-17(14)20/h3-9,12H,10-11H2,1-2H3,(H,21,22). The zero-order chi connectivity index (χ0) is 17.5. The first-order valence-electron chi connectivity index (χ1n) is 7.44. The topological polar surface area (TPSA) is 38.3 Å². The summed E-state index contributed by atoms with van der Waals surface area (Å²) in [6.45, 7) is 1.92. The number of halogens is 2. The molecule has 0 aliphatic rings. The van der Waals surface area contributed by atoms with Crippen LogP contribution in [-0.2, 0) is 10.5 Å². The van der Waals surface area contributed by atoms with E-state index in [1.807, 2.05) is 31.2 Å². The number of carbonyl (C=O) groups is 1. The summed E-state index contributed by atoms with van der Waals surface area (Å²) in [5, 5.41) is 3.30. The van der Waals surface area contributed by atoms with E-state index in [0.717, 1.165) is 11.3 Å². The first-order chi connectivity index (χ1) is 11.5. The average Bonchev–Trinajstić information content (AvgIpc) is 2.57. The second-order valence-electron chi connectivity index (χ2n) is 5.29. The van der Waals surface area contributed by atoms with Crippen LogP contribution in [0.3, 0.4) is 0 Å². The molecule has 6 heteroatoms. The summed E-state index contributed by atoms with van der Waals surface area (Å²) in [7, 11) is 1.61. The minimum atomic E-state index is -0.345. The van der Waals surface area contributed by atoms with Crippen molar-refractivity contribution in [2.24, 2.45) is 0 Å². The maximum atomic E-state index is 13.7. The van der Waals surface area contributed by atoms with Gasteiger partial charge in [0.2, 0.25) is 5.91 Å². The normalized spacial score (nSPS) is 11.8. The third-order valence-electron chi connectivity index (χ3n) is 3.50. The molecule has 0 spiro atoms. The maximum absolute atomic E-state index is 13.7. The molecule has 1 amide bonds. The highest BCUT2D eigenvalue weighted by atomic mass is 35.5. The van der Waals surface area contributed by atoms with Crippen molar-refractivity contribution in [2.75, 3.05) is 12.9 Å². The lowest BCUT2D eigenvalue weighted by molar-refractivity contribution is -0.119. The number of carbonyl (C=O) groups excluding carboxylic acids is 1. The molecule has 0 aromatic heterocycles. The van der Waals surface area contributed by atoms with Crippen LogP contribution in [0.4, 0.5) is 4.39 Å². The van der Waals surface area contributed by atoms with E-state index in [0.29, 0.717) is 16.3 Å². The highest BCUT2D eigenvalue weighted by molar-refractivity contribution is 7.99. The minimum absolute atomic E-state index is 0.0855. The molecule has 3 nitrogen and oxygen atoms in total. The molecule has 0 saturated heterocycles. The highest BCUT2D eigenvalue weighted by Crippen LogP contribution is 2.20. The van der Waals surface area contributed by atoms with Crippen molar-refractivity contribution in [2.45, 2.75) is 18.7 Å². The van der Waals surface area contributed by atoms with Crippen molar-refractivity contribution in [3.05, 3.63) is 64.4 Å². The van der Waals surface area contributed by atoms with E-state index < -0.39 is 0 Å². The smallest absolute Gasteiger partial charge is 0.230 e. The van der Waals surface area contributed by atoms with Crippen molar-refractivity contribution in [1.82, 2.24) is 5.32 Å². The monoisotopic (exact) mass is 367 g/mol. The highest BCUT2D eigenvalue weighted by Gasteiger charge is 2.10. The Bertz CT molecular complexity index is 694. The van der Waals surface area contributed by atoms with Crippen LogP contribution in [0.2, 0.25) is 5.02 Å². The number of amides is 1. The van der Waals surface area contributed by atoms with Gasteiger partial charge in [0.1, 0.15) is 11.6 Å². The van der Waals surface area contributed by atoms with Crippen molar-refractivity contribution < 1.29 is 13.9 Å². The molecule has 0 heterocycles. The molecule has 1 N–H and O–H groups in total.